The van der Waals surface area contributed by atoms with Gasteiger partial charge in [0.15, 0.2) is 0 Å². The van der Waals surface area contributed by atoms with Crippen LogP contribution < -0.4 is 9.47 Å². The Morgan fingerprint density at radius 1 is 0.702 bits per heavy atom. The molecule has 0 unspecified atom stereocenters. The van der Waals surface area contributed by atoms with Gasteiger partial charge in [0.05, 0.1) is 31.4 Å². The lowest BCUT2D eigenvalue weighted by Gasteiger charge is -2.26. The number of carbonyl (C=O) groups excluding carboxylic acids is 4. The number of benzene rings is 2. The van der Waals surface area contributed by atoms with Gasteiger partial charge >= 0.3 is 12.2 Å². The molecule has 0 spiro atoms. The SMILES string of the molecule is CCCC(=O)CCCCOCCOCCOCCCN(Cc1cc(COC(=O)Oc2ccc([N+](=O)[O-])cc2)ccc1OC(=O)N(CC)CCN(CC)CC)C(C)=O. The van der Waals surface area contributed by atoms with Crippen LogP contribution in [0.15, 0.2) is 42.5 Å². The lowest BCUT2D eigenvalue weighted by molar-refractivity contribution is -0.384. The zero-order valence-corrected chi connectivity index (χ0v) is 34.4. The maximum Gasteiger partial charge on any atom is 0.514 e. The predicted octanol–water partition coefficient (Wildman–Crippen LogP) is 6.80. The first-order valence-electron chi connectivity index (χ1n) is 19.9. The molecule has 57 heavy (non-hydrogen) atoms. The molecule has 0 aromatic heterocycles. The molecule has 0 fully saturated rings. The van der Waals surface area contributed by atoms with Crippen LogP contribution >= 0.6 is 0 Å². The Kier molecular flexibility index (Phi) is 24.4. The summed E-state index contributed by atoms with van der Waals surface area (Å²) in [4.78, 5) is 65.9. The highest BCUT2D eigenvalue weighted by Crippen LogP contribution is 2.25. The molecule has 16 nitrogen and oxygen atoms in total. The van der Waals surface area contributed by atoms with E-state index in [-0.39, 0.29) is 36.2 Å². The fourth-order valence-electron chi connectivity index (χ4n) is 5.57. The molecule has 2 aromatic carbocycles. The summed E-state index contributed by atoms with van der Waals surface area (Å²) in [6.07, 6.45) is 2.84. The number of ketones is 1. The number of rotatable bonds is 30. The van der Waals surface area contributed by atoms with Gasteiger partial charge in [-0.1, -0.05) is 26.8 Å². The highest BCUT2D eigenvalue weighted by Gasteiger charge is 2.20. The number of hydrogen-bond donors (Lipinski definition) is 0. The molecule has 0 bridgehead atoms. The Morgan fingerprint density at radius 3 is 1.95 bits per heavy atom. The van der Waals surface area contributed by atoms with Gasteiger partial charge in [0, 0.05) is 83.4 Å². The Hall–Kier alpha value is -4.64. The van der Waals surface area contributed by atoms with Crippen LogP contribution in [0.2, 0.25) is 0 Å². The van der Waals surface area contributed by atoms with Crippen LogP contribution in [0, 0.1) is 10.1 Å². The Balaban J connectivity index is 1.95. The smallest absolute Gasteiger partial charge is 0.429 e. The molecule has 0 aliphatic rings. The molecule has 0 atom stereocenters. The predicted molar refractivity (Wildman–Crippen MR) is 213 cm³/mol. The fourth-order valence-corrected chi connectivity index (χ4v) is 5.57. The van der Waals surface area contributed by atoms with E-state index in [0.717, 1.165) is 32.4 Å². The molecule has 0 N–H and O–H groups in total. The molecule has 16 heteroatoms. The molecular weight excluding hydrogens is 740 g/mol. The monoisotopic (exact) mass is 802 g/mol. The number of nitro groups is 1. The number of ether oxygens (including phenoxy) is 6. The van der Waals surface area contributed by atoms with Crippen LogP contribution in [0.1, 0.15) is 84.3 Å². The Bertz CT molecular complexity index is 1500. The van der Waals surface area contributed by atoms with E-state index in [1.165, 1.54) is 31.2 Å². The molecule has 0 aliphatic heterocycles. The zero-order valence-electron chi connectivity index (χ0n) is 34.4. The van der Waals surface area contributed by atoms with Crippen molar-refractivity contribution in [2.24, 2.45) is 0 Å². The van der Waals surface area contributed by atoms with E-state index in [0.29, 0.717) is 102 Å². The molecule has 0 saturated carbocycles. The van der Waals surface area contributed by atoms with Crippen molar-refractivity contribution in [3.63, 3.8) is 0 Å². The topological polar surface area (TPSA) is 177 Å². The van der Waals surface area contributed by atoms with Crippen molar-refractivity contribution in [2.45, 2.75) is 86.3 Å². The van der Waals surface area contributed by atoms with Crippen LogP contribution in [0.3, 0.4) is 0 Å². The van der Waals surface area contributed by atoms with E-state index < -0.39 is 17.2 Å². The van der Waals surface area contributed by atoms with E-state index in [4.69, 9.17) is 28.4 Å². The van der Waals surface area contributed by atoms with E-state index in [1.807, 2.05) is 13.8 Å². The lowest BCUT2D eigenvalue weighted by atomic mass is 10.1. The van der Waals surface area contributed by atoms with E-state index in [1.54, 1.807) is 28.0 Å². The van der Waals surface area contributed by atoms with E-state index in [2.05, 4.69) is 18.7 Å². The molecule has 0 radical (unpaired) electrons. The average molecular weight is 803 g/mol. The average Bonchev–Trinajstić information content (AvgIpc) is 3.19. The summed E-state index contributed by atoms with van der Waals surface area (Å²) in [5.41, 5.74) is 0.936. The largest absolute Gasteiger partial charge is 0.514 e. The second-order valence-corrected chi connectivity index (χ2v) is 13.2. The van der Waals surface area contributed by atoms with Gasteiger partial charge in [-0.15, -0.1) is 0 Å². The fraction of sp³-hybridized carbons (Fsp3) is 0.610. The highest BCUT2D eigenvalue weighted by molar-refractivity contribution is 5.78. The van der Waals surface area contributed by atoms with Crippen LogP contribution in [0.5, 0.6) is 11.5 Å². The minimum atomic E-state index is -1.01. The van der Waals surface area contributed by atoms with Gasteiger partial charge in [-0.3, -0.25) is 19.7 Å². The summed E-state index contributed by atoms with van der Waals surface area (Å²) in [5.74, 6) is 0.464. The highest BCUT2D eigenvalue weighted by atomic mass is 16.7. The molecule has 2 rings (SSSR count). The van der Waals surface area contributed by atoms with Gasteiger partial charge < -0.3 is 43.1 Å². The number of nitrogens with zero attached hydrogens (tertiary/aromatic N) is 4. The number of nitro benzene ring substituents is 1. The maximum absolute atomic E-state index is 13.3. The summed E-state index contributed by atoms with van der Waals surface area (Å²) in [5, 5.41) is 10.9. The van der Waals surface area contributed by atoms with Crippen molar-refractivity contribution in [1.29, 1.82) is 0 Å². The third-order valence-corrected chi connectivity index (χ3v) is 8.94. The Morgan fingerprint density at radius 2 is 1.35 bits per heavy atom. The number of likely N-dealkylation sites (N-methyl/N-ethyl adjacent to an activating group) is 2. The number of amides is 2. The number of hydrogen-bond acceptors (Lipinski definition) is 13. The van der Waals surface area contributed by atoms with Crippen LogP contribution in [-0.4, -0.2) is 122 Å². The standard InChI is InChI=1S/C41H62N4O12/c1-6-13-37(47)14-10-11-24-52-26-28-54-29-27-53-25-12-21-44(33(5)46)31-35-30-34(32-55-41(49)56-38-18-16-36(17-19-38)45(50)51)15-20-39(35)57-40(48)43(9-4)23-22-42(7-2)8-3/h15-20,30H,6-14,21-29,31-32H2,1-5H3. The minimum Gasteiger partial charge on any atom is -0.429 e. The number of Topliss-reactive ketones (excluding diaryl/α,β-unsaturated/α-hetero) is 1. The molecule has 2 amide bonds. The van der Waals surface area contributed by atoms with Crippen LogP contribution in [0.25, 0.3) is 0 Å². The summed E-state index contributed by atoms with van der Waals surface area (Å²) >= 11 is 0. The van der Waals surface area contributed by atoms with Gasteiger partial charge in [-0.2, -0.15) is 0 Å². The van der Waals surface area contributed by atoms with Crippen molar-refractivity contribution >= 4 is 29.6 Å². The third-order valence-electron chi connectivity index (χ3n) is 8.94. The van der Waals surface area contributed by atoms with Gasteiger partial charge in [-0.25, -0.2) is 9.59 Å². The first-order valence-corrected chi connectivity index (χ1v) is 19.9. The first kappa shape index (κ1) is 48.5. The van der Waals surface area contributed by atoms with E-state index in [9.17, 15) is 29.3 Å². The lowest BCUT2D eigenvalue weighted by Crippen LogP contribution is -2.40. The van der Waals surface area contributed by atoms with Crippen molar-refractivity contribution in [1.82, 2.24) is 14.7 Å². The maximum atomic E-state index is 13.3. The minimum absolute atomic E-state index is 0.0773. The van der Waals surface area contributed by atoms with Crippen LogP contribution in [-0.2, 0) is 41.7 Å². The second kappa shape index (κ2) is 28.7. The van der Waals surface area contributed by atoms with Crippen molar-refractivity contribution in [3.8, 4) is 11.5 Å². The molecule has 0 aliphatic carbocycles. The normalized spacial score (nSPS) is 11.0. The van der Waals surface area contributed by atoms with Gasteiger partial charge in [0.1, 0.15) is 23.9 Å². The molecule has 0 heterocycles. The molecule has 0 saturated heterocycles. The quantitative estimate of drug-likeness (QED) is 0.0265. The molecular formula is C41H62N4O12. The second-order valence-electron chi connectivity index (χ2n) is 13.2. The summed E-state index contributed by atoms with van der Waals surface area (Å²) in [7, 11) is 0. The summed E-state index contributed by atoms with van der Waals surface area (Å²) in [6.45, 7) is 15.8. The first-order chi connectivity index (χ1) is 27.5. The summed E-state index contributed by atoms with van der Waals surface area (Å²) in [6, 6.07) is 9.96. The summed E-state index contributed by atoms with van der Waals surface area (Å²) < 4.78 is 33.2. The van der Waals surface area contributed by atoms with Crippen molar-refractivity contribution < 1.29 is 52.5 Å². The van der Waals surface area contributed by atoms with Gasteiger partial charge in [0.2, 0.25) is 5.91 Å². The van der Waals surface area contributed by atoms with Crippen molar-refractivity contribution in [3.05, 3.63) is 63.7 Å². The van der Waals surface area contributed by atoms with Gasteiger partial charge in [-0.05, 0) is 75.5 Å². The molecule has 318 valence electrons. The van der Waals surface area contributed by atoms with Crippen LogP contribution in [0.4, 0.5) is 15.3 Å². The zero-order chi connectivity index (χ0) is 41.8. The van der Waals surface area contributed by atoms with Crippen molar-refractivity contribution in [2.75, 3.05) is 78.9 Å². The number of non-ortho nitro benzene ring substituents is 1. The number of carbonyl (C=O) groups is 4. The number of unbranched alkanes of at least 4 members (excludes halogenated alkanes) is 1. The molecule has 2 aromatic rings. The van der Waals surface area contributed by atoms with Gasteiger partial charge in [0.25, 0.3) is 5.69 Å². The Labute approximate surface area is 336 Å². The third kappa shape index (κ3) is 20.4. The van der Waals surface area contributed by atoms with E-state index >= 15 is 0 Å².